The van der Waals surface area contributed by atoms with E-state index in [0.717, 1.165) is 31.1 Å². The van der Waals surface area contributed by atoms with Crippen LogP contribution in [-0.4, -0.2) is 55.5 Å². The predicted molar refractivity (Wildman–Crippen MR) is 64.6 cm³/mol. The van der Waals surface area contributed by atoms with Crippen LogP contribution in [0.2, 0.25) is 0 Å². The molecule has 1 aromatic rings. The van der Waals surface area contributed by atoms with Crippen molar-refractivity contribution in [2.45, 2.75) is 6.92 Å². The number of hydrogen-bond donors (Lipinski definition) is 1. The van der Waals surface area contributed by atoms with Gasteiger partial charge in [0.2, 0.25) is 0 Å². The molecule has 0 fully saturated rings. The SMILES string of the molecule is Cc1cnnc(NCCOCCN(C)C)c1. The van der Waals surface area contributed by atoms with Crippen molar-refractivity contribution in [1.82, 2.24) is 15.1 Å². The summed E-state index contributed by atoms with van der Waals surface area (Å²) in [6, 6.07) is 1.97. The highest BCUT2D eigenvalue weighted by atomic mass is 16.5. The van der Waals surface area contributed by atoms with E-state index in [2.05, 4.69) is 20.4 Å². The number of nitrogens with one attached hydrogen (secondary N) is 1. The summed E-state index contributed by atoms with van der Waals surface area (Å²) >= 11 is 0. The van der Waals surface area contributed by atoms with Crippen LogP contribution in [0.5, 0.6) is 0 Å². The van der Waals surface area contributed by atoms with Gasteiger partial charge in [-0.3, -0.25) is 0 Å². The Bertz CT molecular complexity index is 304. The molecule has 0 aromatic carbocycles. The van der Waals surface area contributed by atoms with Gasteiger partial charge >= 0.3 is 0 Å². The molecule has 0 amide bonds. The first-order valence-electron chi connectivity index (χ1n) is 5.44. The molecule has 5 heteroatoms. The number of rotatable bonds is 7. The molecule has 0 saturated carbocycles. The summed E-state index contributed by atoms with van der Waals surface area (Å²) in [6.07, 6.45) is 1.73. The second-order valence-corrected chi connectivity index (χ2v) is 3.96. The van der Waals surface area contributed by atoms with E-state index >= 15 is 0 Å². The zero-order valence-electron chi connectivity index (χ0n) is 10.2. The van der Waals surface area contributed by atoms with Gasteiger partial charge in [-0.25, -0.2) is 0 Å². The Kier molecular flexibility index (Phi) is 5.74. The monoisotopic (exact) mass is 224 g/mol. The Balaban J connectivity index is 2.07. The van der Waals surface area contributed by atoms with Crippen molar-refractivity contribution in [1.29, 1.82) is 0 Å². The van der Waals surface area contributed by atoms with Crippen molar-refractivity contribution in [3.63, 3.8) is 0 Å². The van der Waals surface area contributed by atoms with E-state index in [9.17, 15) is 0 Å². The highest BCUT2D eigenvalue weighted by Gasteiger charge is 1.95. The molecule has 0 aliphatic heterocycles. The minimum absolute atomic E-state index is 0.684. The second-order valence-electron chi connectivity index (χ2n) is 3.96. The number of hydrogen-bond acceptors (Lipinski definition) is 5. The summed E-state index contributed by atoms with van der Waals surface area (Å²) in [5.74, 6) is 0.802. The maximum Gasteiger partial charge on any atom is 0.148 e. The number of aryl methyl sites for hydroxylation is 1. The molecule has 1 rings (SSSR count). The maximum atomic E-state index is 5.44. The number of anilines is 1. The van der Waals surface area contributed by atoms with Crippen LogP contribution in [0.4, 0.5) is 5.82 Å². The lowest BCUT2D eigenvalue weighted by Crippen LogP contribution is -2.20. The van der Waals surface area contributed by atoms with Crippen LogP contribution in [0.1, 0.15) is 5.56 Å². The van der Waals surface area contributed by atoms with Crippen molar-refractivity contribution >= 4 is 5.82 Å². The van der Waals surface area contributed by atoms with Gasteiger partial charge in [0.15, 0.2) is 0 Å². The van der Waals surface area contributed by atoms with Gasteiger partial charge in [0.25, 0.3) is 0 Å². The number of likely N-dealkylation sites (N-methyl/N-ethyl adjacent to an activating group) is 1. The molecule has 16 heavy (non-hydrogen) atoms. The molecule has 0 aliphatic rings. The molecule has 90 valence electrons. The summed E-state index contributed by atoms with van der Waals surface area (Å²) < 4.78 is 5.44. The third-order valence-electron chi connectivity index (χ3n) is 2.03. The van der Waals surface area contributed by atoms with Gasteiger partial charge in [-0.2, -0.15) is 5.10 Å². The summed E-state index contributed by atoms with van der Waals surface area (Å²) in [4.78, 5) is 2.10. The van der Waals surface area contributed by atoms with Crippen LogP contribution >= 0.6 is 0 Å². The fourth-order valence-corrected chi connectivity index (χ4v) is 1.15. The zero-order chi connectivity index (χ0) is 11.8. The molecule has 0 saturated heterocycles. The van der Waals surface area contributed by atoms with E-state index in [1.54, 1.807) is 6.20 Å². The van der Waals surface area contributed by atoms with E-state index in [-0.39, 0.29) is 0 Å². The first-order chi connectivity index (χ1) is 7.68. The Morgan fingerprint density at radius 3 is 2.88 bits per heavy atom. The molecule has 1 aromatic heterocycles. The summed E-state index contributed by atoms with van der Waals surface area (Å²) in [7, 11) is 4.06. The summed E-state index contributed by atoms with van der Waals surface area (Å²) in [6.45, 7) is 5.14. The first kappa shape index (κ1) is 12.9. The Labute approximate surface area is 96.8 Å². The van der Waals surface area contributed by atoms with Gasteiger partial charge in [-0.05, 0) is 32.6 Å². The van der Waals surface area contributed by atoms with Gasteiger partial charge in [-0.1, -0.05) is 0 Å². The van der Waals surface area contributed by atoms with Gasteiger partial charge in [0, 0.05) is 13.1 Å². The molecule has 0 unspecified atom stereocenters. The topological polar surface area (TPSA) is 50.3 Å². The summed E-state index contributed by atoms with van der Waals surface area (Å²) in [5, 5.41) is 11.0. The maximum absolute atomic E-state index is 5.44. The normalized spacial score (nSPS) is 10.8. The van der Waals surface area contributed by atoms with Crippen LogP contribution in [0, 0.1) is 6.92 Å². The summed E-state index contributed by atoms with van der Waals surface area (Å²) in [5.41, 5.74) is 1.10. The molecule has 1 heterocycles. The second kappa shape index (κ2) is 7.14. The lowest BCUT2D eigenvalue weighted by molar-refractivity contribution is 0.126. The first-order valence-corrected chi connectivity index (χ1v) is 5.44. The van der Waals surface area contributed by atoms with E-state index in [1.165, 1.54) is 0 Å². The lowest BCUT2D eigenvalue weighted by atomic mass is 10.3. The molecule has 1 N–H and O–H groups in total. The molecule has 0 radical (unpaired) electrons. The Hall–Kier alpha value is -1.20. The van der Waals surface area contributed by atoms with E-state index < -0.39 is 0 Å². The molecule has 5 nitrogen and oxygen atoms in total. The van der Waals surface area contributed by atoms with Gasteiger partial charge in [0.1, 0.15) is 5.82 Å². The molecule has 0 aliphatic carbocycles. The highest BCUT2D eigenvalue weighted by Crippen LogP contribution is 2.01. The molecule has 0 spiro atoms. The predicted octanol–water partition coefficient (Wildman–Crippen LogP) is 0.775. The van der Waals surface area contributed by atoms with E-state index in [4.69, 9.17) is 4.74 Å². The smallest absolute Gasteiger partial charge is 0.148 e. The van der Waals surface area contributed by atoms with Crippen LogP contribution in [0.3, 0.4) is 0 Å². The highest BCUT2D eigenvalue weighted by molar-refractivity contribution is 5.34. The van der Waals surface area contributed by atoms with Crippen LogP contribution in [0.25, 0.3) is 0 Å². The molecular weight excluding hydrogens is 204 g/mol. The van der Waals surface area contributed by atoms with Crippen molar-refractivity contribution in [3.05, 3.63) is 17.8 Å². The number of ether oxygens (including phenoxy) is 1. The Morgan fingerprint density at radius 2 is 2.19 bits per heavy atom. The van der Waals surface area contributed by atoms with Crippen LogP contribution < -0.4 is 5.32 Å². The number of nitrogens with zero attached hydrogens (tertiary/aromatic N) is 3. The quantitative estimate of drug-likeness (QED) is 0.693. The van der Waals surface area contributed by atoms with E-state index in [1.807, 2.05) is 27.1 Å². The average Bonchev–Trinajstić information content (AvgIpc) is 2.23. The number of aromatic nitrogens is 2. The minimum atomic E-state index is 0.684. The van der Waals surface area contributed by atoms with Crippen molar-refractivity contribution in [3.8, 4) is 0 Å². The third-order valence-corrected chi connectivity index (χ3v) is 2.03. The minimum Gasteiger partial charge on any atom is -0.378 e. The zero-order valence-corrected chi connectivity index (χ0v) is 10.2. The van der Waals surface area contributed by atoms with Crippen molar-refractivity contribution < 1.29 is 4.74 Å². The van der Waals surface area contributed by atoms with Gasteiger partial charge in [-0.15, -0.1) is 5.10 Å². The van der Waals surface area contributed by atoms with Crippen molar-refractivity contribution in [2.24, 2.45) is 0 Å². The van der Waals surface area contributed by atoms with Crippen molar-refractivity contribution in [2.75, 3.05) is 45.7 Å². The molecule has 0 atom stereocenters. The largest absolute Gasteiger partial charge is 0.378 e. The third kappa shape index (κ3) is 5.63. The Morgan fingerprint density at radius 1 is 1.38 bits per heavy atom. The van der Waals surface area contributed by atoms with E-state index in [0.29, 0.717) is 6.61 Å². The molecular formula is C11H20N4O. The van der Waals surface area contributed by atoms with Crippen LogP contribution in [0.15, 0.2) is 12.3 Å². The molecule has 0 bridgehead atoms. The van der Waals surface area contributed by atoms with Gasteiger partial charge in [0.05, 0.1) is 19.4 Å². The fourth-order valence-electron chi connectivity index (χ4n) is 1.15. The standard InChI is InChI=1S/C11H20N4O/c1-10-8-11(14-13-9-10)12-4-6-16-7-5-15(2)3/h8-9H,4-7H2,1-3H3,(H,12,14). The lowest BCUT2D eigenvalue weighted by Gasteiger charge is -2.10. The van der Waals surface area contributed by atoms with Crippen LogP contribution in [-0.2, 0) is 4.74 Å². The fraction of sp³-hybridized carbons (Fsp3) is 0.636. The average molecular weight is 224 g/mol. The van der Waals surface area contributed by atoms with Gasteiger partial charge < -0.3 is 15.0 Å².